The first-order valence-electron chi connectivity index (χ1n) is 7.78. The molecule has 2 heterocycles. The Bertz CT molecular complexity index is 591. The maximum Gasteiger partial charge on any atom is 0.255 e. The highest BCUT2D eigenvalue weighted by atomic mass is 16.2. The minimum atomic E-state index is -0.159. The second kappa shape index (κ2) is 5.64. The van der Waals surface area contributed by atoms with Gasteiger partial charge in [0.1, 0.15) is 0 Å². The van der Waals surface area contributed by atoms with E-state index in [4.69, 9.17) is 0 Å². The molecule has 114 valence electrons. The smallest absolute Gasteiger partial charge is 0.255 e. The number of nitrogens with one attached hydrogen (secondary N) is 1. The van der Waals surface area contributed by atoms with Gasteiger partial charge in [0.2, 0.25) is 5.56 Å². The highest BCUT2D eigenvalue weighted by molar-refractivity contribution is 5.95. The molecular weight excluding hydrogens is 266 g/mol. The van der Waals surface area contributed by atoms with Crippen LogP contribution in [0.5, 0.6) is 0 Å². The minimum absolute atomic E-state index is 0.0354. The van der Waals surface area contributed by atoms with Crippen LogP contribution in [-0.2, 0) is 0 Å². The van der Waals surface area contributed by atoms with Crippen LogP contribution < -0.4 is 5.56 Å². The van der Waals surface area contributed by atoms with Crippen LogP contribution in [-0.4, -0.2) is 52.9 Å². The van der Waals surface area contributed by atoms with Crippen molar-refractivity contribution < 1.29 is 4.79 Å². The average Bonchev–Trinajstić information content (AvgIpc) is 3.24. The Balaban J connectivity index is 1.75. The van der Waals surface area contributed by atoms with Crippen LogP contribution in [0.3, 0.4) is 0 Å². The molecule has 1 N–H and O–H groups in total. The summed E-state index contributed by atoms with van der Waals surface area (Å²) in [5.74, 6) is 0.522. The van der Waals surface area contributed by atoms with E-state index >= 15 is 0 Å². The molecule has 3 rings (SSSR count). The number of H-pyrrole nitrogens is 1. The van der Waals surface area contributed by atoms with Crippen LogP contribution >= 0.6 is 0 Å². The molecule has 1 aliphatic carbocycles. The van der Waals surface area contributed by atoms with Gasteiger partial charge in [-0.3, -0.25) is 14.5 Å². The van der Waals surface area contributed by atoms with Crippen molar-refractivity contribution in [3.05, 3.63) is 33.7 Å². The summed E-state index contributed by atoms with van der Waals surface area (Å²) < 4.78 is 0. The third kappa shape index (κ3) is 3.18. The Labute approximate surface area is 124 Å². The van der Waals surface area contributed by atoms with Gasteiger partial charge >= 0.3 is 0 Å². The van der Waals surface area contributed by atoms with Gasteiger partial charge in [-0.05, 0) is 31.7 Å². The van der Waals surface area contributed by atoms with E-state index in [0.29, 0.717) is 17.2 Å². The fourth-order valence-corrected chi connectivity index (χ4v) is 3.20. The molecule has 1 amide bonds. The lowest BCUT2D eigenvalue weighted by Crippen LogP contribution is -2.36. The summed E-state index contributed by atoms with van der Waals surface area (Å²) in [4.78, 5) is 31.2. The monoisotopic (exact) mass is 289 g/mol. The molecule has 1 aromatic heterocycles. The van der Waals surface area contributed by atoms with Crippen LogP contribution in [0.2, 0.25) is 0 Å². The fraction of sp³-hybridized carbons (Fsp3) is 0.625. The number of carbonyl (C=O) groups is 1. The highest BCUT2D eigenvalue weighted by Gasteiger charge is 2.33. The van der Waals surface area contributed by atoms with Gasteiger partial charge in [0.05, 0.1) is 5.56 Å². The number of aromatic nitrogens is 1. The molecule has 1 unspecified atom stereocenters. The van der Waals surface area contributed by atoms with E-state index < -0.39 is 0 Å². The second-order valence-corrected chi connectivity index (χ2v) is 6.44. The number of amides is 1. The van der Waals surface area contributed by atoms with Crippen molar-refractivity contribution in [1.29, 1.82) is 0 Å². The van der Waals surface area contributed by atoms with E-state index in [9.17, 15) is 9.59 Å². The SMILES string of the molecule is Cc1[nH]c(=O)ccc1C(=O)N1CCN(C2CC2)CC(C)C1. The van der Waals surface area contributed by atoms with Crippen molar-refractivity contribution in [2.24, 2.45) is 5.92 Å². The lowest BCUT2D eigenvalue weighted by molar-refractivity contribution is 0.0747. The molecule has 5 nitrogen and oxygen atoms in total. The summed E-state index contributed by atoms with van der Waals surface area (Å²) in [7, 11) is 0. The zero-order valence-electron chi connectivity index (χ0n) is 12.8. The summed E-state index contributed by atoms with van der Waals surface area (Å²) in [5, 5.41) is 0. The molecule has 2 fully saturated rings. The molecule has 0 bridgehead atoms. The molecule has 2 aliphatic rings. The first-order chi connectivity index (χ1) is 10.0. The molecule has 0 aromatic carbocycles. The van der Waals surface area contributed by atoms with Gasteiger partial charge in [0.15, 0.2) is 0 Å². The Hall–Kier alpha value is -1.62. The molecule has 5 heteroatoms. The summed E-state index contributed by atoms with van der Waals surface area (Å²) in [5.41, 5.74) is 1.11. The fourth-order valence-electron chi connectivity index (χ4n) is 3.20. The first-order valence-corrected chi connectivity index (χ1v) is 7.78. The predicted octanol–water partition coefficient (Wildman–Crippen LogP) is 1.24. The third-order valence-electron chi connectivity index (χ3n) is 4.43. The van der Waals surface area contributed by atoms with E-state index in [1.807, 2.05) is 4.90 Å². The number of aryl methyl sites for hydroxylation is 1. The molecule has 1 saturated heterocycles. The summed E-state index contributed by atoms with van der Waals surface area (Å²) in [6.07, 6.45) is 2.61. The van der Waals surface area contributed by atoms with Gasteiger partial charge in [-0.2, -0.15) is 0 Å². The quantitative estimate of drug-likeness (QED) is 0.891. The average molecular weight is 289 g/mol. The zero-order chi connectivity index (χ0) is 15.0. The van der Waals surface area contributed by atoms with Crippen molar-refractivity contribution in [2.45, 2.75) is 32.7 Å². The Morgan fingerprint density at radius 3 is 2.67 bits per heavy atom. The number of nitrogens with zero attached hydrogens (tertiary/aromatic N) is 2. The van der Waals surface area contributed by atoms with Crippen molar-refractivity contribution in [3.63, 3.8) is 0 Å². The Morgan fingerprint density at radius 1 is 1.24 bits per heavy atom. The number of hydrogen-bond acceptors (Lipinski definition) is 3. The van der Waals surface area contributed by atoms with Gasteiger partial charge < -0.3 is 9.88 Å². The van der Waals surface area contributed by atoms with Crippen LogP contribution in [0.25, 0.3) is 0 Å². The maximum absolute atomic E-state index is 12.7. The number of rotatable bonds is 2. The molecular formula is C16H23N3O2. The molecule has 1 atom stereocenters. The van der Waals surface area contributed by atoms with Gasteiger partial charge in [0, 0.05) is 44.0 Å². The molecule has 1 aromatic rings. The predicted molar refractivity (Wildman–Crippen MR) is 81.5 cm³/mol. The standard InChI is InChI=1S/C16H23N3O2/c1-11-9-18(13-3-4-13)7-8-19(10-11)16(21)14-5-6-15(20)17-12(14)2/h5-6,11,13H,3-4,7-10H2,1-2H3,(H,17,20). The lowest BCUT2D eigenvalue weighted by Gasteiger charge is -2.23. The topological polar surface area (TPSA) is 56.4 Å². The van der Waals surface area contributed by atoms with E-state index in [-0.39, 0.29) is 11.5 Å². The largest absolute Gasteiger partial charge is 0.337 e. The normalized spacial score (nSPS) is 23.9. The maximum atomic E-state index is 12.7. The van der Waals surface area contributed by atoms with E-state index in [2.05, 4.69) is 16.8 Å². The molecule has 0 spiro atoms. The van der Waals surface area contributed by atoms with Crippen LogP contribution in [0.1, 0.15) is 35.8 Å². The van der Waals surface area contributed by atoms with Crippen molar-refractivity contribution in [2.75, 3.05) is 26.2 Å². The van der Waals surface area contributed by atoms with Crippen molar-refractivity contribution >= 4 is 5.91 Å². The summed E-state index contributed by atoms with van der Waals surface area (Å²) >= 11 is 0. The summed E-state index contributed by atoms with van der Waals surface area (Å²) in [6.45, 7) is 7.61. The highest BCUT2D eigenvalue weighted by Crippen LogP contribution is 2.28. The van der Waals surface area contributed by atoms with Crippen LogP contribution in [0.15, 0.2) is 16.9 Å². The van der Waals surface area contributed by atoms with Crippen molar-refractivity contribution in [1.82, 2.24) is 14.8 Å². The van der Waals surface area contributed by atoms with Gasteiger partial charge in [-0.1, -0.05) is 6.92 Å². The van der Waals surface area contributed by atoms with Crippen molar-refractivity contribution in [3.8, 4) is 0 Å². The molecule has 1 aliphatic heterocycles. The Morgan fingerprint density at radius 2 is 2.00 bits per heavy atom. The minimum Gasteiger partial charge on any atom is -0.337 e. The van der Waals surface area contributed by atoms with Crippen LogP contribution in [0, 0.1) is 12.8 Å². The summed E-state index contributed by atoms with van der Waals surface area (Å²) in [6, 6.07) is 3.82. The lowest BCUT2D eigenvalue weighted by atomic mass is 10.1. The molecule has 21 heavy (non-hydrogen) atoms. The second-order valence-electron chi connectivity index (χ2n) is 6.44. The van der Waals surface area contributed by atoms with Gasteiger partial charge in [-0.25, -0.2) is 0 Å². The van der Waals surface area contributed by atoms with E-state index in [1.165, 1.54) is 18.9 Å². The number of hydrogen-bond donors (Lipinski definition) is 1. The zero-order valence-corrected chi connectivity index (χ0v) is 12.8. The van der Waals surface area contributed by atoms with Gasteiger partial charge in [-0.15, -0.1) is 0 Å². The van der Waals surface area contributed by atoms with Crippen LogP contribution in [0.4, 0.5) is 0 Å². The first kappa shape index (κ1) is 14.3. The van der Waals surface area contributed by atoms with E-state index in [0.717, 1.165) is 32.2 Å². The van der Waals surface area contributed by atoms with E-state index in [1.54, 1.807) is 13.0 Å². The molecule has 0 radical (unpaired) electrons. The number of carbonyl (C=O) groups excluding carboxylic acids is 1. The Kier molecular flexibility index (Phi) is 3.85. The number of aromatic amines is 1. The molecule has 1 saturated carbocycles. The third-order valence-corrected chi connectivity index (χ3v) is 4.43. The van der Waals surface area contributed by atoms with Gasteiger partial charge in [0.25, 0.3) is 5.91 Å². The number of pyridine rings is 1.